The Labute approximate surface area is 184 Å². The van der Waals surface area contributed by atoms with Crippen LogP contribution in [0.5, 0.6) is 0 Å². The molecule has 6 nitrogen and oxygen atoms in total. The summed E-state index contributed by atoms with van der Waals surface area (Å²) >= 11 is 0. The fourth-order valence-electron chi connectivity index (χ4n) is 3.81. The molecule has 1 heterocycles. The van der Waals surface area contributed by atoms with Gasteiger partial charge in [-0.3, -0.25) is 0 Å². The van der Waals surface area contributed by atoms with E-state index in [-0.39, 0.29) is 6.61 Å². The van der Waals surface area contributed by atoms with Crippen LogP contribution in [0, 0.1) is 0 Å². The smallest absolute Gasteiger partial charge is 0.186 e. The molecule has 3 N–H and O–H groups in total. The van der Waals surface area contributed by atoms with Gasteiger partial charge in [-0.15, -0.1) is 0 Å². The molecule has 0 radical (unpaired) electrons. The van der Waals surface area contributed by atoms with E-state index in [1.54, 1.807) is 0 Å². The van der Waals surface area contributed by atoms with Crippen LogP contribution >= 0.6 is 0 Å². The number of aliphatic hydroxyl groups is 3. The highest BCUT2D eigenvalue weighted by molar-refractivity contribution is 4.89. The molecule has 30 heavy (non-hydrogen) atoms. The normalized spacial score (nSPS) is 26.9. The minimum absolute atomic E-state index is 0.192. The van der Waals surface area contributed by atoms with Crippen molar-refractivity contribution < 1.29 is 29.5 Å². The van der Waals surface area contributed by atoms with E-state index in [0.29, 0.717) is 13.2 Å². The summed E-state index contributed by atoms with van der Waals surface area (Å²) in [7, 11) is 0. The first kappa shape index (κ1) is 27.8. The molecule has 1 aliphatic heterocycles. The molecule has 1 fully saturated rings. The summed E-state index contributed by atoms with van der Waals surface area (Å²) in [4.78, 5) is 0. The van der Waals surface area contributed by atoms with Crippen molar-refractivity contribution in [3.63, 3.8) is 0 Å². The quantitative estimate of drug-likeness (QED) is 0.263. The van der Waals surface area contributed by atoms with Crippen LogP contribution in [0.25, 0.3) is 0 Å². The molecule has 1 saturated heterocycles. The zero-order chi connectivity index (χ0) is 22.0. The Kier molecular flexibility index (Phi) is 17.0. The van der Waals surface area contributed by atoms with Gasteiger partial charge in [-0.05, 0) is 12.8 Å². The van der Waals surface area contributed by atoms with Crippen molar-refractivity contribution in [2.75, 3.05) is 19.8 Å². The van der Waals surface area contributed by atoms with E-state index < -0.39 is 30.7 Å². The topological polar surface area (TPSA) is 88.4 Å². The summed E-state index contributed by atoms with van der Waals surface area (Å²) in [5.41, 5.74) is 0. The predicted molar refractivity (Wildman–Crippen MR) is 119 cm³/mol. The second-order valence-corrected chi connectivity index (χ2v) is 8.70. The Morgan fingerprint density at radius 1 is 0.600 bits per heavy atom. The SMILES string of the molecule is CCCCCCCCCCO[C@H]1O[C@H](COCCCCCCCC)[C@@H](O)[C@H](O)[C@H]1O. The van der Waals surface area contributed by atoms with Crippen LogP contribution in [0.2, 0.25) is 0 Å². The Morgan fingerprint density at radius 3 is 1.67 bits per heavy atom. The summed E-state index contributed by atoms with van der Waals surface area (Å²) in [6.45, 7) is 5.71. The van der Waals surface area contributed by atoms with Crippen LogP contribution in [-0.4, -0.2) is 65.8 Å². The lowest BCUT2D eigenvalue weighted by atomic mass is 9.99. The lowest BCUT2D eigenvalue weighted by Crippen LogP contribution is -2.59. The molecule has 1 rings (SSSR count). The van der Waals surface area contributed by atoms with Crippen LogP contribution in [0.15, 0.2) is 0 Å². The highest BCUT2D eigenvalue weighted by Crippen LogP contribution is 2.23. The van der Waals surface area contributed by atoms with Crippen LogP contribution in [0.4, 0.5) is 0 Å². The molecule has 0 aromatic carbocycles. The summed E-state index contributed by atoms with van der Waals surface area (Å²) in [5, 5.41) is 30.5. The van der Waals surface area contributed by atoms with Crippen molar-refractivity contribution in [3.8, 4) is 0 Å². The lowest BCUT2D eigenvalue weighted by Gasteiger charge is -2.40. The molecule has 6 heteroatoms. The molecule has 1 aliphatic rings. The van der Waals surface area contributed by atoms with E-state index >= 15 is 0 Å². The average molecular weight is 433 g/mol. The molecule has 0 unspecified atom stereocenters. The van der Waals surface area contributed by atoms with E-state index in [1.165, 1.54) is 64.2 Å². The maximum absolute atomic E-state index is 10.2. The molecule has 0 bridgehead atoms. The highest BCUT2D eigenvalue weighted by Gasteiger charge is 2.44. The maximum atomic E-state index is 10.2. The van der Waals surface area contributed by atoms with Crippen molar-refractivity contribution >= 4 is 0 Å². The maximum Gasteiger partial charge on any atom is 0.186 e. The number of hydrogen-bond acceptors (Lipinski definition) is 6. The summed E-state index contributed by atoms with van der Waals surface area (Å²) in [5.74, 6) is 0. The summed E-state index contributed by atoms with van der Waals surface area (Å²) in [6.07, 6.45) is 11.4. The third kappa shape index (κ3) is 12.0. The minimum Gasteiger partial charge on any atom is -0.387 e. The predicted octanol–water partition coefficient (Wildman–Crippen LogP) is 4.33. The van der Waals surface area contributed by atoms with Crippen LogP contribution in [-0.2, 0) is 14.2 Å². The summed E-state index contributed by atoms with van der Waals surface area (Å²) in [6, 6.07) is 0. The lowest BCUT2D eigenvalue weighted by molar-refractivity contribution is -0.302. The van der Waals surface area contributed by atoms with Crippen LogP contribution in [0.3, 0.4) is 0 Å². The highest BCUT2D eigenvalue weighted by atomic mass is 16.7. The Balaban J connectivity index is 2.16. The van der Waals surface area contributed by atoms with Gasteiger partial charge in [0.25, 0.3) is 0 Å². The number of unbranched alkanes of at least 4 members (excludes halogenated alkanes) is 12. The van der Waals surface area contributed by atoms with E-state index in [9.17, 15) is 15.3 Å². The van der Waals surface area contributed by atoms with E-state index in [2.05, 4.69) is 13.8 Å². The fourth-order valence-corrected chi connectivity index (χ4v) is 3.81. The van der Waals surface area contributed by atoms with Crippen molar-refractivity contribution in [1.82, 2.24) is 0 Å². The van der Waals surface area contributed by atoms with Gasteiger partial charge >= 0.3 is 0 Å². The third-order valence-corrected chi connectivity index (χ3v) is 5.87. The Morgan fingerprint density at radius 2 is 1.10 bits per heavy atom. The van der Waals surface area contributed by atoms with Gasteiger partial charge in [-0.1, -0.05) is 90.9 Å². The monoisotopic (exact) mass is 432 g/mol. The van der Waals surface area contributed by atoms with E-state index in [4.69, 9.17) is 14.2 Å². The van der Waals surface area contributed by atoms with Crippen LogP contribution in [0.1, 0.15) is 104 Å². The van der Waals surface area contributed by atoms with Crippen molar-refractivity contribution in [2.24, 2.45) is 0 Å². The molecule has 0 spiro atoms. The molecule has 0 aromatic rings. The molecule has 180 valence electrons. The number of hydrogen-bond donors (Lipinski definition) is 3. The third-order valence-electron chi connectivity index (χ3n) is 5.87. The first-order chi connectivity index (χ1) is 14.6. The Hall–Kier alpha value is -0.240. The molecular weight excluding hydrogens is 384 g/mol. The van der Waals surface area contributed by atoms with Gasteiger partial charge in [-0.2, -0.15) is 0 Å². The molecular formula is C24H48O6. The van der Waals surface area contributed by atoms with Crippen molar-refractivity contribution in [3.05, 3.63) is 0 Å². The van der Waals surface area contributed by atoms with Gasteiger partial charge < -0.3 is 29.5 Å². The van der Waals surface area contributed by atoms with Crippen molar-refractivity contribution in [2.45, 2.75) is 134 Å². The molecule has 0 amide bonds. The van der Waals surface area contributed by atoms with Crippen LogP contribution < -0.4 is 0 Å². The number of aliphatic hydroxyl groups excluding tert-OH is 3. The van der Waals surface area contributed by atoms with Gasteiger partial charge in [0.05, 0.1) is 6.61 Å². The van der Waals surface area contributed by atoms with E-state index in [1.807, 2.05) is 0 Å². The van der Waals surface area contributed by atoms with Gasteiger partial charge in [0.1, 0.15) is 24.4 Å². The first-order valence-corrected chi connectivity index (χ1v) is 12.5. The van der Waals surface area contributed by atoms with E-state index in [0.717, 1.165) is 25.7 Å². The molecule has 0 aliphatic carbocycles. The number of ether oxygens (including phenoxy) is 3. The van der Waals surface area contributed by atoms with Crippen molar-refractivity contribution in [1.29, 1.82) is 0 Å². The molecule has 0 aromatic heterocycles. The Bertz CT molecular complexity index is 379. The second-order valence-electron chi connectivity index (χ2n) is 8.70. The number of rotatable bonds is 19. The summed E-state index contributed by atoms with van der Waals surface area (Å²) < 4.78 is 17.0. The van der Waals surface area contributed by atoms with Gasteiger partial charge in [-0.25, -0.2) is 0 Å². The second kappa shape index (κ2) is 18.3. The van der Waals surface area contributed by atoms with Gasteiger partial charge in [0, 0.05) is 13.2 Å². The largest absolute Gasteiger partial charge is 0.387 e. The molecule has 5 atom stereocenters. The average Bonchev–Trinajstić information content (AvgIpc) is 2.75. The first-order valence-electron chi connectivity index (χ1n) is 12.5. The minimum atomic E-state index is -1.29. The zero-order valence-electron chi connectivity index (χ0n) is 19.5. The fraction of sp³-hybridized carbons (Fsp3) is 1.00. The zero-order valence-corrected chi connectivity index (χ0v) is 19.5. The van der Waals surface area contributed by atoms with Gasteiger partial charge in [0.15, 0.2) is 6.29 Å². The van der Waals surface area contributed by atoms with Gasteiger partial charge in [0.2, 0.25) is 0 Å². The standard InChI is InChI=1S/C24H48O6/c1-3-5-7-9-11-12-14-16-18-29-24-23(27)22(26)21(25)20(30-24)19-28-17-15-13-10-8-6-4-2/h20-27H,3-19H2,1-2H3/t20-,21-,22+,23-,24+/m1/s1. The molecule has 0 saturated carbocycles.